The van der Waals surface area contributed by atoms with E-state index in [0.717, 1.165) is 74.2 Å². The van der Waals surface area contributed by atoms with Gasteiger partial charge in [-0.1, -0.05) is 12.1 Å². The fraction of sp³-hybridized carbons (Fsp3) is 0.667. The minimum absolute atomic E-state index is 0.0161. The Balaban J connectivity index is 1.02. The largest absolute Gasteiger partial charge is 0.369 e. The van der Waals surface area contributed by atoms with Crippen LogP contribution in [0.2, 0.25) is 0 Å². The maximum Gasteiger partial charge on any atom is 0.315 e. The summed E-state index contributed by atoms with van der Waals surface area (Å²) in [5, 5.41) is 9.09. The first-order valence-electron chi connectivity index (χ1n) is 13.3. The van der Waals surface area contributed by atoms with Crippen molar-refractivity contribution in [2.45, 2.75) is 69.9 Å². The molecule has 1 aromatic carbocycles. The normalized spacial score (nSPS) is 31.7. The summed E-state index contributed by atoms with van der Waals surface area (Å²) < 4.78 is 0. The molecule has 1 saturated heterocycles. The van der Waals surface area contributed by atoms with Gasteiger partial charge in [0, 0.05) is 37.3 Å². The zero-order valence-corrected chi connectivity index (χ0v) is 20.6. The Labute approximate surface area is 207 Å². The molecule has 0 aromatic heterocycles. The lowest BCUT2D eigenvalue weighted by molar-refractivity contribution is -0.123. The summed E-state index contributed by atoms with van der Waals surface area (Å²) in [6, 6.07) is 7.66. The molecule has 4 bridgehead atoms. The molecular weight excluding hydrogens is 442 g/mol. The van der Waals surface area contributed by atoms with E-state index in [2.05, 4.69) is 20.9 Å². The van der Waals surface area contributed by atoms with Crippen molar-refractivity contribution in [1.82, 2.24) is 15.5 Å². The van der Waals surface area contributed by atoms with Crippen LogP contribution in [-0.2, 0) is 16.1 Å². The average Bonchev–Trinajstić information content (AvgIpc) is 2.79. The summed E-state index contributed by atoms with van der Waals surface area (Å²) in [5.74, 6) is 1.95. The summed E-state index contributed by atoms with van der Waals surface area (Å²) in [6.07, 6.45) is 9.47. The van der Waals surface area contributed by atoms with E-state index < -0.39 is 0 Å². The molecule has 5 aliphatic rings. The van der Waals surface area contributed by atoms with Gasteiger partial charge in [0.05, 0.1) is 5.92 Å². The van der Waals surface area contributed by atoms with E-state index >= 15 is 0 Å². The number of rotatable bonds is 8. The van der Waals surface area contributed by atoms with Crippen LogP contribution in [0.1, 0.15) is 63.4 Å². The zero-order valence-electron chi connectivity index (χ0n) is 20.6. The summed E-state index contributed by atoms with van der Waals surface area (Å²) in [6.45, 7) is 2.75. The monoisotopic (exact) mass is 481 g/mol. The molecule has 0 radical (unpaired) electrons. The number of amides is 4. The molecule has 4 amide bonds. The Morgan fingerprint density at radius 3 is 2.29 bits per heavy atom. The molecule has 1 aromatic rings. The van der Waals surface area contributed by atoms with Crippen LogP contribution in [0.4, 0.5) is 10.5 Å². The van der Waals surface area contributed by atoms with Gasteiger partial charge in [-0.3, -0.25) is 14.5 Å². The lowest BCUT2D eigenvalue weighted by Gasteiger charge is -2.56. The van der Waals surface area contributed by atoms with Crippen molar-refractivity contribution in [3.63, 3.8) is 0 Å². The average molecular weight is 482 g/mol. The van der Waals surface area contributed by atoms with Gasteiger partial charge in [-0.25, -0.2) is 4.79 Å². The van der Waals surface area contributed by atoms with Crippen LogP contribution in [0.25, 0.3) is 0 Å². The maximum absolute atomic E-state index is 12.5. The number of nitrogens with one attached hydrogen (secondary N) is 3. The van der Waals surface area contributed by atoms with Crippen LogP contribution in [0.3, 0.4) is 0 Å². The molecule has 6 rings (SSSR count). The molecule has 4 aliphatic carbocycles. The van der Waals surface area contributed by atoms with Crippen LogP contribution in [0, 0.1) is 23.7 Å². The predicted molar refractivity (Wildman–Crippen MR) is 134 cm³/mol. The van der Waals surface area contributed by atoms with Gasteiger partial charge in [0.15, 0.2) is 0 Å². The predicted octanol–water partition coefficient (Wildman–Crippen LogP) is 2.98. The molecule has 8 nitrogen and oxygen atoms in total. The first-order chi connectivity index (χ1) is 16.9. The van der Waals surface area contributed by atoms with Crippen LogP contribution >= 0.6 is 0 Å². The number of likely N-dealkylation sites (tertiary alicyclic amines) is 1. The molecule has 1 heterocycles. The SMILES string of the molecule is NC(=O)C1CCCN(Cc2ccc(NC(=O)CCNC(=O)NC34CC5CC(CC(C5)C3)C4)cc2)C1. The van der Waals surface area contributed by atoms with E-state index in [1.165, 1.54) is 19.3 Å². The molecule has 190 valence electrons. The molecule has 35 heavy (non-hydrogen) atoms. The van der Waals surface area contributed by atoms with Gasteiger partial charge >= 0.3 is 6.03 Å². The molecule has 1 unspecified atom stereocenters. The number of hydrogen-bond donors (Lipinski definition) is 4. The van der Waals surface area contributed by atoms with Gasteiger partial charge < -0.3 is 21.7 Å². The van der Waals surface area contributed by atoms with Crippen LogP contribution in [-0.4, -0.2) is 47.9 Å². The topological polar surface area (TPSA) is 117 Å². The third-order valence-electron chi connectivity index (χ3n) is 8.61. The second-order valence-corrected chi connectivity index (χ2v) is 11.6. The first-order valence-corrected chi connectivity index (χ1v) is 13.3. The van der Waals surface area contributed by atoms with Gasteiger partial charge in [0.25, 0.3) is 0 Å². The van der Waals surface area contributed by atoms with E-state index in [9.17, 15) is 14.4 Å². The van der Waals surface area contributed by atoms with Crippen LogP contribution in [0.15, 0.2) is 24.3 Å². The second-order valence-electron chi connectivity index (χ2n) is 11.6. The molecule has 0 spiro atoms. The lowest BCUT2D eigenvalue weighted by atomic mass is 9.53. The Hall–Kier alpha value is -2.61. The molecule has 5 fully saturated rings. The van der Waals surface area contributed by atoms with Crippen LogP contribution < -0.4 is 21.7 Å². The molecule has 1 atom stereocenters. The van der Waals surface area contributed by atoms with Crippen molar-refractivity contribution in [2.24, 2.45) is 29.4 Å². The van der Waals surface area contributed by atoms with Gasteiger partial charge in [0.1, 0.15) is 0 Å². The number of urea groups is 1. The lowest BCUT2D eigenvalue weighted by Crippen LogP contribution is -2.61. The third-order valence-corrected chi connectivity index (χ3v) is 8.61. The number of nitrogens with two attached hydrogens (primary N) is 1. The fourth-order valence-corrected chi connectivity index (χ4v) is 7.44. The molecule has 5 N–H and O–H groups in total. The number of hydrogen-bond acceptors (Lipinski definition) is 4. The van der Waals surface area contributed by atoms with Crippen molar-refractivity contribution in [2.75, 3.05) is 25.0 Å². The smallest absolute Gasteiger partial charge is 0.315 e. The number of piperidine rings is 1. The minimum Gasteiger partial charge on any atom is -0.369 e. The van der Waals surface area contributed by atoms with Gasteiger partial charge in [-0.15, -0.1) is 0 Å². The Morgan fingerprint density at radius 2 is 1.66 bits per heavy atom. The summed E-state index contributed by atoms with van der Waals surface area (Å²) in [4.78, 5) is 38.7. The van der Waals surface area contributed by atoms with Crippen LogP contribution in [0.5, 0.6) is 0 Å². The van der Waals surface area contributed by atoms with E-state index in [4.69, 9.17) is 5.73 Å². The Kier molecular flexibility index (Phi) is 7.00. The maximum atomic E-state index is 12.5. The van der Waals surface area contributed by atoms with E-state index in [1.807, 2.05) is 24.3 Å². The van der Waals surface area contributed by atoms with Crippen molar-refractivity contribution < 1.29 is 14.4 Å². The first kappa shape index (κ1) is 24.1. The van der Waals surface area contributed by atoms with E-state index in [1.54, 1.807) is 0 Å². The van der Waals surface area contributed by atoms with E-state index in [0.29, 0.717) is 13.1 Å². The Bertz CT molecular complexity index is 911. The molecule has 4 saturated carbocycles. The molecule has 1 aliphatic heterocycles. The minimum atomic E-state index is -0.215. The third kappa shape index (κ3) is 5.97. The van der Waals surface area contributed by atoms with Crippen molar-refractivity contribution in [1.29, 1.82) is 0 Å². The second kappa shape index (κ2) is 10.2. The molecular formula is C27H39N5O3. The standard InChI is InChI=1S/C27H39N5O3/c28-25(34)22-2-1-9-32(17-22)16-18-3-5-23(6-4-18)30-24(33)7-8-29-26(35)31-27-13-19-10-20(14-27)12-21(11-19)15-27/h3-6,19-22H,1-2,7-17H2,(H2,28,34)(H,30,33)(H2,29,31,35). The van der Waals surface area contributed by atoms with Gasteiger partial charge in [-0.05, 0) is 93.4 Å². The summed E-state index contributed by atoms with van der Waals surface area (Å²) in [7, 11) is 0. The number of anilines is 1. The van der Waals surface area contributed by atoms with Crippen molar-refractivity contribution in [3.05, 3.63) is 29.8 Å². The number of primary amides is 1. The quantitative estimate of drug-likeness (QED) is 0.457. The fourth-order valence-electron chi connectivity index (χ4n) is 7.44. The van der Waals surface area contributed by atoms with Gasteiger partial charge in [0.2, 0.25) is 11.8 Å². The highest BCUT2D eigenvalue weighted by Gasteiger charge is 2.51. The van der Waals surface area contributed by atoms with Crippen molar-refractivity contribution in [3.8, 4) is 0 Å². The number of benzene rings is 1. The summed E-state index contributed by atoms with van der Waals surface area (Å²) in [5.41, 5.74) is 7.34. The zero-order chi connectivity index (χ0) is 24.4. The van der Waals surface area contributed by atoms with Gasteiger partial charge in [-0.2, -0.15) is 0 Å². The highest BCUT2D eigenvalue weighted by atomic mass is 16.2. The number of carbonyl (C=O) groups excluding carboxylic acids is 3. The Morgan fingerprint density at radius 1 is 1.00 bits per heavy atom. The highest BCUT2D eigenvalue weighted by molar-refractivity contribution is 5.91. The van der Waals surface area contributed by atoms with Crippen molar-refractivity contribution >= 4 is 23.5 Å². The summed E-state index contributed by atoms with van der Waals surface area (Å²) >= 11 is 0. The highest BCUT2D eigenvalue weighted by Crippen LogP contribution is 2.55. The number of nitrogens with zero attached hydrogens (tertiary/aromatic N) is 1. The molecule has 8 heteroatoms. The van der Waals surface area contributed by atoms with E-state index in [-0.39, 0.29) is 35.7 Å². The number of carbonyl (C=O) groups is 3.